The maximum absolute atomic E-state index is 10.0. The Morgan fingerprint density at radius 2 is 2.13 bits per heavy atom. The smallest absolute Gasteiger partial charge is 0.0935 e. The zero-order valence-electron chi connectivity index (χ0n) is 8.46. The highest BCUT2D eigenvalue weighted by atomic mass is 16.3. The molecule has 0 unspecified atom stereocenters. The number of aromatic nitrogens is 1. The first-order chi connectivity index (χ1) is 7.25. The molecule has 2 heterocycles. The summed E-state index contributed by atoms with van der Waals surface area (Å²) in [6.07, 6.45) is 2.67. The maximum Gasteiger partial charge on any atom is 0.0935 e. The second kappa shape index (κ2) is 3.08. The molecule has 1 aromatic carbocycles. The quantitative estimate of drug-likeness (QED) is 0.681. The van der Waals surface area contributed by atoms with E-state index in [2.05, 4.69) is 34.6 Å². The lowest BCUT2D eigenvalue weighted by Gasteiger charge is -2.37. The Kier molecular flexibility index (Phi) is 1.84. The molecule has 15 heavy (non-hydrogen) atoms. The molecule has 1 aliphatic rings. The molecule has 1 fully saturated rings. The summed E-state index contributed by atoms with van der Waals surface area (Å²) >= 11 is 0. The number of aliphatic hydroxyl groups is 1. The summed E-state index contributed by atoms with van der Waals surface area (Å²) in [4.78, 5) is 3.18. The van der Waals surface area contributed by atoms with Crippen LogP contribution in [0.15, 0.2) is 30.5 Å². The van der Waals surface area contributed by atoms with Crippen LogP contribution in [0, 0.1) is 0 Å². The molecule has 0 amide bonds. The third kappa shape index (κ3) is 1.54. The Bertz CT molecular complexity index is 485. The molecule has 3 N–H and O–H groups in total. The molecule has 0 radical (unpaired) electrons. The zero-order chi connectivity index (χ0) is 10.3. The summed E-state index contributed by atoms with van der Waals surface area (Å²) in [7, 11) is 0. The molecule has 0 spiro atoms. The summed E-state index contributed by atoms with van der Waals surface area (Å²) in [5, 5.41) is 14.3. The molecule has 3 heteroatoms. The van der Waals surface area contributed by atoms with Gasteiger partial charge in [0, 0.05) is 31.2 Å². The van der Waals surface area contributed by atoms with Gasteiger partial charge >= 0.3 is 0 Å². The van der Waals surface area contributed by atoms with Crippen molar-refractivity contribution >= 4 is 10.9 Å². The Hall–Kier alpha value is -1.32. The third-order valence-corrected chi connectivity index (χ3v) is 3.06. The maximum atomic E-state index is 10.0. The SMILES string of the molecule is OC1(Cc2ccc3cc[nH]c3c2)CNC1. The summed E-state index contributed by atoms with van der Waals surface area (Å²) in [6.45, 7) is 1.41. The molecule has 78 valence electrons. The van der Waals surface area contributed by atoms with Crippen LogP contribution in [-0.4, -0.2) is 28.8 Å². The van der Waals surface area contributed by atoms with Crippen molar-refractivity contribution in [2.45, 2.75) is 12.0 Å². The van der Waals surface area contributed by atoms with Crippen molar-refractivity contribution < 1.29 is 5.11 Å². The van der Waals surface area contributed by atoms with Gasteiger partial charge in [0.05, 0.1) is 5.60 Å². The molecule has 3 nitrogen and oxygen atoms in total. The lowest BCUT2D eigenvalue weighted by Crippen LogP contribution is -2.60. The highest BCUT2D eigenvalue weighted by Gasteiger charge is 2.34. The van der Waals surface area contributed by atoms with Gasteiger partial charge in [0.2, 0.25) is 0 Å². The van der Waals surface area contributed by atoms with Crippen LogP contribution in [-0.2, 0) is 6.42 Å². The average molecular weight is 202 g/mol. The van der Waals surface area contributed by atoms with E-state index in [1.165, 1.54) is 10.9 Å². The van der Waals surface area contributed by atoms with E-state index in [0.717, 1.165) is 11.9 Å². The largest absolute Gasteiger partial charge is 0.387 e. The van der Waals surface area contributed by atoms with Gasteiger partial charge in [0.15, 0.2) is 0 Å². The molecule has 0 atom stereocenters. The Morgan fingerprint density at radius 1 is 1.27 bits per heavy atom. The molecule has 0 aliphatic carbocycles. The molecular weight excluding hydrogens is 188 g/mol. The normalized spacial score (nSPS) is 19.0. The van der Waals surface area contributed by atoms with Crippen molar-refractivity contribution in [3.05, 3.63) is 36.0 Å². The van der Waals surface area contributed by atoms with Crippen LogP contribution in [0.2, 0.25) is 0 Å². The first kappa shape index (κ1) is 8.95. The van der Waals surface area contributed by atoms with Gasteiger partial charge < -0.3 is 15.4 Å². The predicted octanol–water partition coefficient (Wildman–Crippen LogP) is 1.04. The van der Waals surface area contributed by atoms with E-state index in [0.29, 0.717) is 13.1 Å². The molecule has 1 saturated heterocycles. The molecule has 0 saturated carbocycles. The van der Waals surface area contributed by atoms with Crippen LogP contribution in [0.4, 0.5) is 0 Å². The highest BCUT2D eigenvalue weighted by Crippen LogP contribution is 2.21. The monoisotopic (exact) mass is 202 g/mol. The topological polar surface area (TPSA) is 48.0 Å². The van der Waals surface area contributed by atoms with E-state index >= 15 is 0 Å². The number of aromatic amines is 1. The van der Waals surface area contributed by atoms with Crippen LogP contribution in [0.25, 0.3) is 10.9 Å². The third-order valence-electron chi connectivity index (χ3n) is 3.06. The van der Waals surface area contributed by atoms with Crippen molar-refractivity contribution in [2.75, 3.05) is 13.1 Å². The number of nitrogens with one attached hydrogen (secondary N) is 2. The number of H-pyrrole nitrogens is 1. The number of benzene rings is 1. The highest BCUT2D eigenvalue weighted by molar-refractivity contribution is 5.79. The van der Waals surface area contributed by atoms with Crippen LogP contribution in [0.3, 0.4) is 0 Å². The van der Waals surface area contributed by atoms with Gasteiger partial charge in [0.1, 0.15) is 0 Å². The molecule has 1 aliphatic heterocycles. The van der Waals surface area contributed by atoms with Crippen molar-refractivity contribution in [1.82, 2.24) is 10.3 Å². The second-order valence-electron chi connectivity index (χ2n) is 4.40. The minimum absolute atomic E-state index is 0.528. The van der Waals surface area contributed by atoms with Gasteiger partial charge in [-0.1, -0.05) is 12.1 Å². The fourth-order valence-electron chi connectivity index (χ4n) is 2.12. The van der Waals surface area contributed by atoms with E-state index in [-0.39, 0.29) is 0 Å². The fraction of sp³-hybridized carbons (Fsp3) is 0.333. The van der Waals surface area contributed by atoms with Crippen LogP contribution < -0.4 is 5.32 Å². The lowest BCUT2D eigenvalue weighted by atomic mass is 9.89. The van der Waals surface area contributed by atoms with Crippen LogP contribution in [0.5, 0.6) is 0 Å². The Labute approximate surface area is 88.1 Å². The summed E-state index contributed by atoms with van der Waals surface area (Å²) in [6, 6.07) is 8.35. The minimum atomic E-state index is -0.528. The summed E-state index contributed by atoms with van der Waals surface area (Å²) < 4.78 is 0. The van der Waals surface area contributed by atoms with Crippen LogP contribution in [0.1, 0.15) is 5.56 Å². The van der Waals surface area contributed by atoms with E-state index in [1.54, 1.807) is 0 Å². The number of fused-ring (bicyclic) bond motifs is 1. The van der Waals surface area contributed by atoms with Crippen molar-refractivity contribution in [3.8, 4) is 0 Å². The van der Waals surface area contributed by atoms with Gasteiger partial charge in [-0.2, -0.15) is 0 Å². The van der Waals surface area contributed by atoms with Crippen molar-refractivity contribution in [2.24, 2.45) is 0 Å². The molecular formula is C12H14N2O. The minimum Gasteiger partial charge on any atom is -0.387 e. The first-order valence-electron chi connectivity index (χ1n) is 5.24. The van der Waals surface area contributed by atoms with Gasteiger partial charge in [0.25, 0.3) is 0 Å². The second-order valence-corrected chi connectivity index (χ2v) is 4.40. The number of β-amino-alcohol motifs (C(OH)–C–C–N with tert-alkyl or cyclic N) is 1. The number of rotatable bonds is 2. The van der Waals surface area contributed by atoms with E-state index in [1.807, 2.05) is 6.20 Å². The van der Waals surface area contributed by atoms with Gasteiger partial charge in [-0.3, -0.25) is 0 Å². The zero-order valence-corrected chi connectivity index (χ0v) is 8.46. The number of hydrogen-bond acceptors (Lipinski definition) is 2. The average Bonchev–Trinajstić information content (AvgIpc) is 2.62. The molecule has 3 rings (SSSR count). The van der Waals surface area contributed by atoms with E-state index in [4.69, 9.17) is 0 Å². The Balaban J connectivity index is 1.90. The van der Waals surface area contributed by atoms with E-state index < -0.39 is 5.60 Å². The van der Waals surface area contributed by atoms with Gasteiger partial charge in [-0.05, 0) is 23.1 Å². The molecule has 1 aromatic heterocycles. The lowest BCUT2D eigenvalue weighted by molar-refractivity contribution is -0.00899. The standard InChI is InChI=1S/C12H14N2O/c15-12(7-13-8-12)6-9-1-2-10-3-4-14-11(10)5-9/h1-5,13-15H,6-8H2. The van der Waals surface area contributed by atoms with Crippen molar-refractivity contribution in [3.63, 3.8) is 0 Å². The first-order valence-corrected chi connectivity index (χ1v) is 5.24. The van der Waals surface area contributed by atoms with Gasteiger partial charge in [-0.15, -0.1) is 0 Å². The molecule has 2 aromatic rings. The summed E-state index contributed by atoms with van der Waals surface area (Å²) in [5.41, 5.74) is 1.80. The van der Waals surface area contributed by atoms with Crippen LogP contribution >= 0.6 is 0 Å². The Morgan fingerprint density at radius 3 is 2.87 bits per heavy atom. The van der Waals surface area contributed by atoms with Gasteiger partial charge in [-0.25, -0.2) is 0 Å². The summed E-state index contributed by atoms with van der Waals surface area (Å²) in [5.74, 6) is 0. The van der Waals surface area contributed by atoms with Crippen molar-refractivity contribution in [1.29, 1.82) is 0 Å². The van der Waals surface area contributed by atoms with E-state index in [9.17, 15) is 5.11 Å². The fourth-order valence-corrected chi connectivity index (χ4v) is 2.12. The molecule has 0 bridgehead atoms. The predicted molar refractivity (Wildman–Crippen MR) is 59.8 cm³/mol. The number of hydrogen-bond donors (Lipinski definition) is 3.